The maximum atomic E-state index is 12.5. The van der Waals surface area contributed by atoms with E-state index in [0.29, 0.717) is 31.9 Å². The Morgan fingerprint density at radius 1 is 0.793 bits per heavy atom. The molecule has 0 saturated carbocycles. The number of hydrogen-bond donors (Lipinski definition) is 0. The standard InChI is InChI=1S/C23H22N2O3S/c26-22(24-12-14-25(15-13-24)23(27)21-7-4-16-29-21)17-28-20-10-8-19(9-11-20)18-5-2-1-3-6-18/h1-11,16H,12-15,17H2. The third kappa shape index (κ3) is 4.66. The Kier molecular flexibility index (Phi) is 5.91. The highest BCUT2D eigenvalue weighted by Crippen LogP contribution is 2.22. The lowest BCUT2D eigenvalue weighted by Crippen LogP contribution is -2.51. The largest absolute Gasteiger partial charge is 0.484 e. The minimum absolute atomic E-state index is 0.00353. The molecule has 2 amide bonds. The fourth-order valence-electron chi connectivity index (χ4n) is 3.33. The first-order chi connectivity index (χ1) is 14.2. The van der Waals surface area contributed by atoms with Crippen LogP contribution in [-0.4, -0.2) is 54.4 Å². The third-order valence-corrected chi connectivity index (χ3v) is 5.83. The van der Waals surface area contributed by atoms with Gasteiger partial charge in [-0.1, -0.05) is 48.5 Å². The number of benzene rings is 2. The maximum absolute atomic E-state index is 12.5. The van der Waals surface area contributed by atoms with Gasteiger partial charge in [0.15, 0.2) is 6.61 Å². The van der Waals surface area contributed by atoms with E-state index >= 15 is 0 Å². The van der Waals surface area contributed by atoms with Gasteiger partial charge in [0.2, 0.25) is 0 Å². The minimum atomic E-state index is -0.0552. The van der Waals surface area contributed by atoms with Gasteiger partial charge in [0.05, 0.1) is 4.88 Å². The molecule has 1 aliphatic heterocycles. The zero-order valence-electron chi connectivity index (χ0n) is 16.0. The van der Waals surface area contributed by atoms with Crippen molar-refractivity contribution >= 4 is 23.2 Å². The summed E-state index contributed by atoms with van der Waals surface area (Å²) in [6.45, 7) is 2.17. The van der Waals surface area contributed by atoms with E-state index in [2.05, 4.69) is 12.1 Å². The predicted octanol–water partition coefficient (Wildman–Crippen LogP) is 3.78. The highest BCUT2D eigenvalue weighted by atomic mass is 32.1. The first kappa shape index (κ1) is 19.2. The van der Waals surface area contributed by atoms with Crippen molar-refractivity contribution in [2.24, 2.45) is 0 Å². The Morgan fingerprint density at radius 3 is 2.10 bits per heavy atom. The molecule has 1 aromatic heterocycles. The monoisotopic (exact) mass is 406 g/mol. The highest BCUT2D eigenvalue weighted by molar-refractivity contribution is 7.12. The third-order valence-electron chi connectivity index (χ3n) is 4.98. The molecule has 4 rings (SSSR count). The number of carbonyl (C=O) groups excluding carboxylic acids is 2. The molecule has 3 aromatic rings. The van der Waals surface area contributed by atoms with Crippen molar-refractivity contribution in [1.29, 1.82) is 0 Å². The minimum Gasteiger partial charge on any atom is -0.484 e. The Bertz CT molecular complexity index is 948. The van der Waals surface area contributed by atoms with E-state index in [1.165, 1.54) is 11.3 Å². The number of ether oxygens (including phenoxy) is 1. The molecule has 1 aliphatic rings. The van der Waals surface area contributed by atoms with Crippen molar-refractivity contribution in [3.05, 3.63) is 77.0 Å². The number of amides is 2. The molecule has 0 aliphatic carbocycles. The molecule has 0 spiro atoms. The molecule has 29 heavy (non-hydrogen) atoms. The van der Waals surface area contributed by atoms with Crippen LogP contribution in [-0.2, 0) is 4.79 Å². The molecule has 0 radical (unpaired) electrons. The van der Waals surface area contributed by atoms with Gasteiger partial charge in [-0.3, -0.25) is 9.59 Å². The van der Waals surface area contributed by atoms with Crippen molar-refractivity contribution < 1.29 is 14.3 Å². The van der Waals surface area contributed by atoms with E-state index in [-0.39, 0.29) is 18.4 Å². The second-order valence-electron chi connectivity index (χ2n) is 6.83. The lowest BCUT2D eigenvalue weighted by atomic mass is 10.1. The van der Waals surface area contributed by atoms with Gasteiger partial charge in [-0.15, -0.1) is 11.3 Å². The van der Waals surface area contributed by atoms with Crippen molar-refractivity contribution in [3.8, 4) is 16.9 Å². The van der Waals surface area contributed by atoms with Crippen LogP contribution in [0, 0.1) is 0 Å². The van der Waals surface area contributed by atoms with E-state index in [9.17, 15) is 9.59 Å². The summed E-state index contributed by atoms with van der Waals surface area (Å²) in [5.74, 6) is 0.659. The van der Waals surface area contributed by atoms with Crippen LogP contribution in [0.15, 0.2) is 72.1 Å². The summed E-state index contributed by atoms with van der Waals surface area (Å²) in [5.41, 5.74) is 2.25. The quantitative estimate of drug-likeness (QED) is 0.648. The van der Waals surface area contributed by atoms with Gasteiger partial charge in [-0.25, -0.2) is 0 Å². The van der Waals surface area contributed by atoms with E-state index in [0.717, 1.165) is 16.0 Å². The highest BCUT2D eigenvalue weighted by Gasteiger charge is 2.25. The lowest BCUT2D eigenvalue weighted by molar-refractivity contribution is -0.134. The van der Waals surface area contributed by atoms with Gasteiger partial charge in [0.25, 0.3) is 11.8 Å². The molecule has 1 saturated heterocycles. The molecule has 2 aromatic carbocycles. The molecule has 0 atom stereocenters. The average Bonchev–Trinajstić information content (AvgIpc) is 3.33. The second-order valence-corrected chi connectivity index (χ2v) is 7.78. The molecular weight excluding hydrogens is 384 g/mol. The van der Waals surface area contributed by atoms with Gasteiger partial charge in [0, 0.05) is 26.2 Å². The van der Waals surface area contributed by atoms with Gasteiger partial charge in [-0.05, 0) is 34.7 Å². The fraction of sp³-hybridized carbons (Fsp3) is 0.217. The topological polar surface area (TPSA) is 49.9 Å². The van der Waals surface area contributed by atoms with Crippen LogP contribution in [0.5, 0.6) is 5.75 Å². The molecule has 0 unspecified atom stereocenters. The number of carbonyl (C=O) groups is 2. The van der Waals surface area contributed by atoms with E-state index in [1.54, 1.807) is 9.80 Å². The summed E-state index contributed by atoms with van der Waals surface area (Å²) in [6, 6.07) is 21.6. The van der Waals surface area contributed by atoms with Gasteiger partial charge < -0.3 is 14.5 Å². The maximum Gasteiger partial charge on any atom is 0.264 e. The normalized spacial score (nSPS) is 13.9. The van der Waals surface area contributed by atoms with E-state index in [1.807, 2.05) is 60.0 Å². The number of rotatable bonds is 5. The van der Waals surface area contributed by atoms with E-state index in [4.69, 9.17) is 4.74 Å². The van der Waals surface area contributed by atoms with Gasteiger partial charge in [-0.2, -0.15) is 0 Å². The Balaban J connectivity index is 1.26. The van der Waals surface area contributed by atoms with Crippen molar-refractivity contribution in [3.63, 3.8) is 0 Å². The van der Waals surface area contributed by atoms with Crippen LogP contribution in [0.3, 0.4) is 0 Å². The molecule has 0 bridgehead atoms. The van der Waals surface area contributed by atoms with Crippen molar-refractivity contribution in [1.82, 2.24) is 9.80 Å². The summed E-state index contributed by atoms with van der Waals surface area (Å²) in [7, 11) is 0. The summed E-state index contributed by atoms with van der Waals surface area (Å²) >= 11 is 1.45. The first-order valence-corrected chi connectivity index (χ1v) is 10.5. The van der Waals surface area contributed by atoms with Crippen LogP contribution in [0.4, 0.5) is 0 Å². The molecule has 0 N–H and O–H groups in total. The zero-order chi connectivity index (χ0) is 20.1. The summed E-state index contributed by atoms with van der Waals surface area (Å²) in [5, 5.41) is 1.90. The molecular formula is C23H22N2O3S. The summed E-state index contributed by atoms with van der Waals surface area (Å²) < 4.78 is 5.68. The molecule has 148 valence electrons. The predicted molar refractivity (Wildman–Crippen MR) is 114 cm³/mol. The molecule has 2 heterocycles. The number of hydrogen-bond acceptors (Lipinski definition) is 4. The van der Waals surface area contributed by atoms with Crippen LogP contribution >= 0.6 is 11.3 Å². The number of piperazine rings is 1. The van der Waals surface area contributed by atoms with Crippen molar-refractivity contribution in [2.75, 3.05) is 32.8 Å². The smallest absolute Gasteiger partial charge is 0.264 e. The molecule has 1 fully saturated rings. The van der Waals surface area contributed by atoms with Crippen LogP contribution < -0.4 is 4.74 Å². The van der Waals surface area contributed by atoms with E-state index < -0.39 is 0 Å². The Labute approximate surface area is 174 Å². The molecule has 6 heteroatoms. The lowest BCUT2D eigenvalue weighted by Gasteiger charge is -2.34. The summed E-state index contributed by atoms with van der Waals surface area (Å²) in [4.78, 5) is 29.2. The number of nitrogens with zero attached hydrogens (tertiary/aromatic N) is 2. The Morgan fingerprint density at radius 2 is 1.45 bits per heavy atom. The van der Waals surface area contributed by atoms with Crippen LogP contribution in [0.2, 0.25) is 0 Å². The second kappa shape index (κ2) is 8.92. The summed E-state index contributed by atoms with van der Waals surface area (Å²) in [6.07, 6.45) is 0. The van der Waals surface area contributed by atoms with Gasteiger partial charge in [0.1, 0.15) is 5.75 Å². The average molecular weight is 407 g/mol. The van der Waals surface area contributed by atoms with Gasteiger partial charge >= 0.3 is 0 Å². The Hall–Kier alpha value is -3.12. The number of thiophene rings is 1. The zero-order valence-corrected chi connectivity index (χ0v) is 16.8. The fourth-order valence-corrected chi connectivity index (χ4v) is 4.02. The van der Waals surface area contributed by atoms with Crippen molar-refractivity contribution in [2.45, 2.75) is 0 Å². The van der Waals surface area contributed by atoms with Crippen LogP contribution in [0.1, 0.15) is 9.67 Å². The first-order valence-electron chi connectivity index (χ1n) is 9.59. The SMILES string of the molecule is O=C(COc1ccc(-c2ccccc2)cc1)N1CCN(C(=O)c2cccs2)CC1. The molecule has 5 nitrogen and oxygen atoms in total. The van der Waals surface area contributed by atoms with Crippen LogP contribution in [0.25, 0.3) is 11.1 Å².